The van der Waals surface area contributed by atoms with Crippen LogP contribution >= 0.6 is 0 Å². The summed E-state index contributed by atoms with van der Waals surface area (Å²) in [7, 11) is 0. The highest BCUT2D eigenvalue weighted by atomic mass is 16.7. The van der Waals surface area contributed by atoms with Crippen molar-refractivity contribution in [2.45, 2.75) is 19.6 Å². The minimum absolute atomic E-state index is 0.131. The van der Waals surface area contributed by atoms with Crippen LogP contribution in [-0.4, -0.2) is 22.7 Å². The number of rotatable bonds is 2. The summed E-state index contributed by atoms with van der Waals surface area (Å²) in [5.41, 5.74) is 0.756. The van der Waals surface area contributed by atoms with E-state index >= 15 is 0 Å². The first-order valence-electron chi connectivity index (χ1n) is 7.14. The van der Waals surface area contributed by atoms with Crippen LogP contribution in [0.15, 0.2) is 54.4 Å². The van der Waals surface area contributed by atoms with Crippen molar-refractivity contribution >= 4 is 28.8 Å². The van der Waals surface area contributed by atoms with E-state index in [1.807, 2.05) is 24.3 Å². The molecule has 0 radical (unpaired) electrons. The Morgan fingerprint density at radius 2 is 1.74 bits per heavy atom. The molecule has 0 aliphatic carbocycles. The van der Waals surface area contributed by atoms with Gasteiger partial charge in [0.2, 0.25) is 0 Å². The van der Waals surface area contributed by atoms with Gasteiger partial charge in [0, 0.05) is 37.2 Å². The van der Waals surface area contributed by atoms with Crippen molar-refractivity contribution in [2.75, 3.05) is 0 Å². The third-order valence-electron chi connectivity index (χ3n) is 3.35. The van der Waals surface area contributed by atoms with Crippen LogP contribution in [0.25, 0.3) is 16.8 Å². The number of ether oxygens (including phenoxy) is 2. The Balaban J connectivity index is 1.88. The smallest absolute Gasteiger partial charge is 0.348 e. The molecule has 0 spiro atoms. The van der Waals surface area contributed by atoms with Crippen LogP contribution in [0, 0.1) is 0 Å². The Morgan fingerprint density at radius 1 is 1.04 bits per heavy atom. The number of cyclic esters (lactones) is 2. The molecule has 0 bridgehead atoms. The monoisotopic (exact) mass is 309 g/mol. The van der Waals surface area contributed by atoms with E-state index in [0.29, 0.717) is 0 Å². The molecule has 2 heterocycles. The lowest BCUT2D eigenvalue weighted by molar-refractivity contribution is -0.222. The molecule has 116 valence electrons. The molecule has 0 N–H and O–H groups in total. The third kappa shape index (κ3) is 3.13. The zero-order valence-corrected chi connectivity index (χ0v) is 12.8. The number of carbonyl (C=O) groups is 2. The Hall–Kier alpha value is -2.95. The quantitative estimate of drug-likeness (QED) is 0.485. The minimum Gasteiger partial charge on any atom is -0.419 e. The van der Waals surface area contributed by atoms with Gasteiger partial charge in [-0.2, -0.15) is 0 Å². The first-order valence-corrected chi connectivity index (χ1v) is 7.14. The second kappa shape index (κ2) is 5.68. The van der Waals surface area contributed by atoms with Gasteiger partial charge in [-0.15, -0.1) is 0 Å². The van der Waals surface area contributed by atoms with E-state index < -0.39 is 17.7 Å². The van der Waals surface area contributed by atoms with Crippen LogP contribution in [-0.2, 0) is 19.1 Å². The van der Waals surface area contributed by atoms with Crippen molar-refractivity contribution in [1.82, 2.24) is 4.98 Å². The molecule has 1 aliphatic heterocycles. The molecule has 1 aromatic carbocycles. The standard InChI is InChI=1S/C18H15NO4/c1-18(2)22-16(20)15(17(21)23-18)9-5-7-13-11-19-10-12-6-3-4-8-14(12)13/h3-11H,1-2H3/b7-5+. The van der Waals surface area contributed by atoms with Gasteiger partial charge < -0.3 is 9.47 Å². The van der Waals surface area contributed by atoms with Crippen molar-refractivity contribution < 1.29 is 19.1 Å². The lowest BCUT2D eigenvalue weighted by Gasteiger charge is -2.29. The zero-order chi connectivity index (χ0) is 16.4. The first-order chi connectivity index (χ1) is 11.0. The summed E-state index contributed by atoms with van der Waals surface area (Å²) in [4.78, 5) is 27.8. The van der Waals surface area contributed by atoms with Gasteiger partial charge in [-0.25, -0.2) is 9.59 Å². The predicted octanol–water partition coefficient (Wildman–Crippen LogP) is 3.01. The second-order valence-electron chi connectivity index (χ2n) is 5.57. The molecule has 0 saturated carbocycles. The maximum absolute atomic E-state index is 11.8. The normalized spacial score (nSPS) is 17.2. The van der Waals surface area contributed by atoms with Crippen LogP contribution in [0.5, 0.6) is 0 Å². The average Bonchev–Trinajstić information content (AvgIpc) is 2.49. The van der Waals surface area contributed by atoms with Gasteiger partial charge in [-0.05, 0) is 11.5 Å². The van der Waals surface area contributed by atoms with Crippen molar-refractivity contribution in [3.8, 4) is 0 Å². The summed E-state index contributed by atoms with van der Waals surface area (Å²) < 4.78 is 10.1. The number of hydrogen-bond donors (Lipinski definition) is 0. The summed E-state index contributed by atoms with van der Waals surface area (Å²) in [5, 5.41) is 2.05. The van der Waals surface area contributed by atoms with Crippen LogP contribution in [0.1, 0.15) is 19.4 Å². The highest BCUT2D eigenvalue weighted by Crippen LogP contribution is 2.23. The molecular formula is C18H15NO4. The molecule has 1 saturated heterocycles. The van der Waals surface area contributed by atoms with Gasteiger partial charge >= 0.3 is 11.9 Å². The van der Waals surface area contributed by atoms with E-state index in [1.54, 1.807) is 24.5 Å². The Bertz CT molecular complexity index is 822. The van der Waals surface area contributed by atoms with Gasteiger partial charge in [-0.1, -0.05) is 36.4 Å². The molecule has 1 aromatic heterocycles. The lowest BCUT2D eigenvalue weighted by atomic mass is 10.1. The first kappa shape index (κ1) is 15.0. The number of esters is 2. The fourth-order valence-electron chi connectivity index (χ4n) is 2.32. The largest absolute Gasteiger partial charge is 0.419 e. The average molecular weight is 309 g/mol. The number of pyridine rings is 1. The number of benzene rings is 1. The molecule has 1 fully saturated rings. The van der Waals surface area contributed by atoms with E-state index in [4.69, 9.17) is 9.47 Å². The molecule has 5 nitrogen and oxygen atoms in total. The van der Waals surface area contributed by atoms with Crippen LogP contribution in [0.2, 0.25) is 0 Å². The summed E-state index contributed by atoms with van der Waals surface area (Å²) >= 11 is 0. The molecule has 0 atom stereocenters. The fraction of sp³-hybridized carbons (Fsp3) is 0.167. The second-order valence-corrected chi connectivity index (χ2v) is 5.57. The van der Waals surface area contributed by atoms with Crippen molar-refractivity contribution in [3.05, 3.63) is 59.9 Å². The van der Waals surface area contributed by atoms with Gasteiger partial charge in [0.25, 0.3) is 5.79 Å². The topological polar surface area (TPSA) is 65.5 Å². The highest BCUT2D eigenvalue weighted by Gasteiger charge is 2.38. The van der Waals surface area contributed by atoms with E-state index in [-0.39, 0.29) is 5.57 Å². The van der Waals surface area contributed by atoms with Crippen molar-refractivity contribution in [2.24, 2.45) is 0 Å². The number of allylic oxidation sites excluding steroid dienone is 2. The van der Waals surface area contributed by atoms with Crippen LogP contribution in [0.4, 0.5) is 0 Å². The summed E-state index contributed by atoms with van der Waals surface area (Å²) in [6.45, 7) is 3.02. The molecule has 1 aliphatic rings. The number of nitrogens with zero attached hydrogens (tertiary/aromatic N) is 1. The number of fused-ring (bicyclic) bond motifs is 1. The maximum atomic E-state index is 11.8. The fourth-order valence-corrected chi connectivity index (χ4v) is 2.32. The minimum atomic E-state index is -1.23. The molecule has 5 heteroatoms. The number of aromatic nitrogens is 1. The molecule has 2 aromatic rings. The molecule has 0 amide bonds. The molecule has 3 rings (SSSR count). The number of carbonyl (C=O) groups excluding carboxylic acids is 2. The predicted molar refractivity (Wildman–Crippen MR) is 85.1 cm³/mol. The van der Waals surface area contributed by atoms with Crippen LogP contribution < -0.4 is 0 Å². The van der Waals surface area contributed by atoms with E-state index in [1.165, 1.54) is 19.9 Å². The van der Waals surface area contributed by atoms with Gasteiger partial charge in [-0.3, -0.25) is 4.98 Å². The lowest BCUT2D eigenvalue weighted by Crippen LogP contribution is -2.41. The van der Waals surface area contributed by atoms with Gasteiger partial charge in [0.1, 0.15) is 5.57 Å². The van der Waals surface area contributed by atoms with Crippen LogP contribution in [0.3, 0.4) is 0 Å². The zero-order valence-electron chi connectivity index (χ0n) is 12.8. The van der Waals surface area contributed by atoms with Gasteiger partial charge in [0.15, 0.2) is 0 Å². The van der Waals surface area contributed by atoms with Crippen molar-refractivity contribution in [1.29, 1.82) is 0 Å². The van der Waals surface area contributed by atoms with E-state index in [0.717, 1.165) is 16.3 Å². The SMILES string of the molecule is CC1(C)OC(=O)C(=C/C=C/c2cncc3ccccc23)C(=O)O1. The molecule has 23 heavy (non-hydrogen) atoms. The Labute approximate surface area is 133 Å². The number of hydrogen-bond acceptors (Lipinski definition) is 5. The Kier molecular flexibility index (Phi) is 3.70. The Morgan fingerprint density at radius 3 is 2.48 bits per heavy atom. The highest BCUT2D eigenvalue weighted by molar-refractivity contribution is 6.15. The molecular weight excluding hydrogens is 294 g/mol. The van der Waals surface area contributed by atoms with Crippen molar-refractivity contribution in [3.63, 3.8) is 0 Å². The third-order valence-corrected chi connectivity index (χ3v) is 3.35. The van der Waals surface area contributed by atoms with E-state index in [9.17, 15) is 9.59 Å². The molecule has 0 unspecified atom stereocenters. The summed E-state index contributed by atoms with van der Waals surface area (Å²) in [5.74, 6) is -2.60. The maximum Gasteiger partial charge on any atom is 0.348 e. The summed E-state index contributed by atoms with van der Waals surface area (Å²) in [6.07, 6.45) is 8.28. The summed E-state index contributed by atoms with van der Waals surface area (Å²) in [6, 6.07) is 7.83. The van der Waals surface area contributed by atoms with E-state index in [2.05, 4.69) is 4.98 Å². The van der Waals surface area contributed by atoms with Gasteiger partial charge in [0.05, 0.1) is 0 Å².